The molecule has 1 atom stereocenters. The Kier molecular flexibility index (Phi) is 5.69. The highest BCUT2D eigenvalue weighted by Crippen LogP contribution is 2.34. The van der Waals surface area contributed by atoms with Gasteiger partial charge in [0.15, 0.2) is 5.65 Å². The molecule has 2 aromatic heterocycles. The van der Waals surface area contributed by atoms with E-state index in [1.807, 2.05) is 6.07 Å². The Morgan fingerprint density at radius 1 is 1.12 bits per heavy atom. The number of rotatable bonds is 4. The highest BCUT2D eigenvalue weighted by atomic mass is 19.4. The second-order valence-corrected chi connectivity index (χ2v) is 8.36. The Morgan fingerprint density at radius 2 is 1.88 bits per heavy atom. The van der Waals surface area contributed by atoms with E-state index >= 15 is 0 Å². The topological polar surface area (TPSA) is 80.3 Å². The predicted octanol–water partition coefficient (Wildman–Crippen LogP) is 4.73. The van der Waals surface area contributed by atoms with Crippen LogP contribution < -0.4 is 4.74 Å². The van der Waals surface area contributed by atoms with Gasteiger partial charge in [-0.3, -0.25) is 4.79 Å². The molecule has 0 aliphatic carbocycles. The van der Waals surface area contributed by atoms with Crippen molar-refractivity contribution in [2.75, 3.05) is 19.7 Å². The van der Waals surface area contributed by atoms with E-state index in [0.29, 0.717) is 18.7 Å². The van der Waals surface area contributed by atoms with Crippen LogP contribution in [0.15, 0.2) is 36.5 Å². The van der Waals surface area contributed by atoms with E-state index in [0.717, 1.165) is 67.0 Å². The third-order valence-corrected chi connectivity index (χ3v) is 6.23. The highest BCUT2D eigenvalue weighted by Gasteiger charge is 2.31. The van der Waals surface area contributed by atoms with Crippen LogP contribution in [-0.4, -0.2) is 51.8 Å². The first kappa shape index (κ1) is 21.7. The summed E-state index contributed by atoms with van der Waals surface area (Å²) >= 11 is 0. The lowest BCUT2D eigenvalue weighted by Crippen LogP contribution is -2.38. The summed E-state index contributed by atoms with van der Waals surface area (Å²) in [7, 11) is 0. The maximum atomic E-state index is 12.8. The molecule has 7 nitrogen and oxygen atoms in total. The number of fused-ring (bicyclic) bond motifs is 1. The standard InChI is InChI=1S/C23H23F3N4O3/c24-23(25,26)33-16-5-3-15(4-6-16)22(31)30-11-8-14(9-12-30)17-7-10-27-21-19(17)28-20(29-21)18-2-1-13-32-18/h3-7,10,14,18H,1-2,8-9,11-13H2,(H,27,28,29)/t18-/m0/s1. The lowest BCUT2D eigenvalue weighted by molar-refractivity contribution is -0.274. The molecule has 0 unspecified atom stereocenters. The van der Waals surface area contributed by atoms with Crippen LogP contribution in [0.2, 0.25) is 0 Å². The molecule has 0 bridgehead atoms. The van der Waals surface area contributed by atoms with Crippen LogP contribution in [0.4, 0.5) is 13.2 Å². The number of nitrogens with zero attached hydrogens (tertiary/aromatic N) is 3. The summed E-state index contributed by atoms with van der Waals surface area (Å²) in [4.78, 5) is 27.1. The van der Waals surface area contributed by atoms with E-state index in [9.17, 15) is 18.0 Å². The second kappa shape index (κ2) is 8.66. The number of piperidine rings is 1. The number of halogens is 3. The zero-order valence-electron chi connectivity index (χ0n) is 17.8. The van der Waals surface area contributed by atoms with Gasteiger partial charge in [-0.05, 0) is 67.5 Å². The second-order valence-electron chi connectivity index (χ2n) is 8.36. The first-order valence-corrected chi connectivity index (χ1v) is 11.0. The minimum atomic E-state index is -4.76. The van der Waals surface area contributed by atoms with Gasteiger partial charge in [0, 0.05) is 31.5 Å². The van der Waals surface area contributed by atoms with Crippen LogP contribution in [0.5, 0.6) is 5.75 Å². The van der Waals surface area contributed by atoms with Crippen molar-refractivity contribution >= 4 is 17.1 Å². The third-order valence-electron chi connectivity index (χ3n) is 6.23. The van der Waals surface area contributed by atoms with E-state index in [2.05, 4.69) is 14.7 Å². The first-order valence-electron chi connectivity index (χ1n) is 11.0. The van der Waals surface area contributed by atoms with Crippen LogP contribution in [0.3, 0.4) is 0 Å². The molecule has 5 rings (SSSR count). The Bertz CT molecular complexity index is 1130. The van der Waals surface area contributed by atoms with Gasteiger partial charge in [0.2, 0.25) is 0 Å². The molecule has 1 N–H and O–H groups in total. The Hall–Kier alpha value is -3.14. The van der Waals surface area contributed by atoms with Crippen molar-refractivity contribution in [2.24, 2.45) is 0 Å². The highest BCUT2D eigenvalue weighted by molar-refractivity contribution is 5.94. The third kappa shape index (κ3) is 4.66. The largest absolute Gasteiger partial charge is 0.573 e. The minimum Gasteiger partial charge on any atom is -0.406 e. The van der Waals surface area contributed by atoms with Gasteiger partial charge in [-0.25, -0.2) is 9.97 Å². The van der Waals surface area contributed by atoms with E-state index in [4.69, 9.17) is 9.72 Å². The minimum absolute atomic E-state index is 0.0144. The number of hydrogen-bond donors (Lipinski definition) is 1. The molecule has 1 amide bonds. The van der Waals surface area contributed by atoms with Gasteiger partial charge in [0.05, 0.1) is 0 Å². The number of carbonyl (C=O) groups is 1. The van der Waals surface area contributed by atoms with Crippen molar-refractivity contribution in [1.29, 1.82) is 0 Å². The molecule has 0 radical (unpaired) electrons. The molecule has 2 aliphatic rings. The predicted molar refractivity (Wildman–Crippen MR) is 113 cm³/mol. The molecule has 0 saturated carbocycles. The average Bonchev–Trinajstić information content (AvgIpc) is 3.48. The molecule has 3 aromatic rings. The molecule has 1 aromatic carbocycles. The number of carbonyl (C=O) groups excluding carboxylic acids is 1. The molecular weight excluding hydrogens is 437 g/mol. The average molecular weight is 460 g/mol. The molecule has 174 valence electrons. The SMILES string of the molecule is O=C(c1ccc(OC(F)(F)F)cc1)N1CCC(c2ccnc3[nH]c([C@@H]4CCCO4)nc23)CC1. The number of benzene rings is 1. The van der Waals surface area contributed by atoms with Crippen molar-refractivity contribution in [3.05, 3.63) is 53.5 Å². The molecule has 10 heteroatoms. The number of hydrogen-bond acceptors (Lipinski definition) is 5. The summed E-state index contributed by atoms with van der Waals surface area (Å²) < 4.78 is 46.6. The Labute approximate surface area is 187 Å². The number of imidazole rings is 1. The fraction of sp³-hybridized carbons (Fsp3) is 0.435. The van der Waals surface area contributed by atoms with Crippen molar-refractivity contribution in [1.82, 2.24) is 19.9 Å². The molecule has 4 heterocycles. The van der Waals surface area contributed by atoms with Gasteiger partial charge in [-0.2, -0.15) is 0 Å². The summed E-state index contributed by atoms with van der Waals surface area (Å²) in [5.74, 6) is 0.504. The van der Waals surface area contributed by atoms with Crippen LogP contribution in [0.25, 0.3) is 11.2 Å². The zero-order valence-corrected chi connectivity index (χ0v) is 17.8. The molecule has 2 aliphatic heterocycles. The summed E-state index contributed by atoms with van der Waals surface area (Å²) in [5, 5.41) is 0. The van der Waals surface area contributed by atoms with Crippen LogP contribution >= 0.6 is 0 Å². The number of alkyl halides is 3. The lowest BCUT2D eigenvalue weighted by atomic mass is 9.89. The van der Waals surface area contributed by atoms with Gasteiger partial charge in [-0.15, -0.1) is 13.2 Å². The van der Waals surface area contributed by atoms with Gasteiger partial charge >= 0.3 is 6.36 Å². The smallest absolute Gasteiger partial charge is 0.406 e. The monoisotopic (exact) mass is 460 g/mol. The summed E-state index contributed by atoms with van der Waals surface area (Å²) in [5.41, 5.74) is 3.05. The van der Waals surface area contributed by atoms with Crippen LogP contribution in [-0.2, 0) is 4.74 Å². The number of pyridine rings is 1. The number of H-pyrrole nitrogens is 1. The van der Waals surface area contributed by atoms with E-state index in [1.54, 1.807) is 11.1 Å². The van der Waals surface area contributed by atoms with Gasteiger partial charge in [0.25, 0.3) is 5.91 Å². The molecule has 2 saturated heterocycles. The Balaban J connectivity index is 1.25. The van der Waals surface area contributed by atoms with Crippen molar-refractivity contribution in [3.63, 3.8) is 0 Å². The molecular formula is C23H23F3N4O3. The van der Waals surface area contributed by atoms with Gasteiger partial charge in [-0.1, -0.05) is 0 Å². The molecule has 0 spiro atoms. The van der Waals surface area contributed by atoms with E-state index in [-0.39, 0.29) is 23.7 Å². The number of amides is 1. The summed E-state index contributed by atoms with van der Waals surface area (Å²) in [6, 6.07) is 7.02. The number of nitrogens with one attached hydrogen (secondary N) is 1. The fourth-order valence-electron chi connectivity index (χ4n) is 4.60. The number of aromatic amines is 1. The van der Waals surface area contributed by atoms with Crippen molar-refractivity contribution in [3.8, 4) is 5.75 Å². The number of aromatic nitrogens is 3. The van der Waals surface area contributed by atoms with Crippen LogP contribution in [0, 0.1) is 0 Å². The molecule has 2 fully saturated rings. The lowest BCUT2D eigenvalue weighted by Gasteiger charge is -2.32. The van der Waals surface area contributed by atoms with Gasteiger partial charge in [0.1, 0.15) is 23.2 Å². The fourth-order valence-corrected chi connectivity index (χ4v) is 4.60. The maximum absolute atomic E-state index is 12.8. The summed E-state index contributed by atoms with van der Waals surface area (Å²) in [6.07, 6.45) is 0.498. The van der Waals surface area contributed by atoms with Crippen molar-refractivity contribution in [2.45, 2.75) is 44.1 Å². The van der Waals surface area contributed by atoms with E-state index < -0.39 is 6.36 Å². The summed E-state index contributed by atoms with van der Waals surface area (Å²) in [6.45, 7) is 1.85. The van der Waals surface area contributed by atoms with Gasteiger partial charge < -0.3 is 19.4 Å². The number of ether oxygens (including phenoxy) is 2. The molecule has 33 heavy (non-hydrogen) atoms. The normalized spacial score (nSPS) is 19.8. The van der Waals surface area contributed by atoms with Crippen LogP contribution in [0.1, 0.15) is 59.5 Å². The van der Waals surface area contributed by atoms with E-state index in [1.165, 1.54) is 12.1 Å². The first-order chi connectivity index (χ1) is 15.9. The van der Waals surface area contributed by atoms with Crippen molar-refractivity contribution < 1.29 is 27.4 Å². The number of likely N-dealkylation sites (tertiary alicyclic amines) is 1. The zero-order chi connectivity index (χ0) is 23.0. The Morgan fingerprint density at radius 3 is 2.55 bits per heavy atom. The quantitative estimate of drug-likeness (QED) is 0.609. The maximum Gasteiger partial charge on any atom is 0.573 e.